The molecule has 0 aromatic carbocycles. The minimum absolute atomic E-state index is 0.0805. The van der Waals surface area contributed by atoms with Crippen molar-refractivity contribution in [1.29, 1.82) is 0 Å². The fourth-order valence-corrected chi connectivity index (χ4v) is 1.64. The van der Waals surface area contributed by atoms with E-state index in [9.17, 15) is 14.4 Å². The van der Waals surface area contributed by atoms with Crippen molar-refractivity contribution >= 4 is 17.8 Å². The maximum Gasteiger partial charge on any atom is 0.323 e. The van der Waals surface area contributed by atoms with E-state index in [2.05, 4.69) is 5.32 Å². The molecule has 0 heterocycles. The summed E-state index contributed by atoms with van der Waals surface area (Å²) in [5.74, 6) is -1.07. The van der Waals surface area contributed by atoms with Crippen molar-refractivity contribution in [2.45, 2.75) is 40.0 Å². The summed E-state index contributed by atoms with van der Waals surface area (Å²) in [6, 6.07) is 0. The van der Waals surface area contributed by atoms with E-state index in [4.69, 9.17) is 5.11 Å². The minimum atomic E-state index is -1.02. The number of carboxylic acid groups (broad SMARTS) is 1. The third-order valence-electron chi connectivity index (χ3n) is 2.43. The Morgan fingerprint density at radius 2 is 1.89 bits per heavy atom. The van der Waals surface area contributed by atoms with Gasteiger partial charge in [0.15, 0.2) is 0 Å². The van der Waals surface area contributed by atoms with Gasteiger partial charge < -0.3 is 15.3 Å². The average Bonchev–Trinajstić information content (AvgIpc) is 2.26. The third-order valence-corrected chi connectivity index (χ3v) is 2.43. The number of nitrogens with one attached hydrogen (secondary N) is 1. The molecule has 0 aliphatic carbocycles. The summed E-state index contributed by atoms with van der Waals surface area (Å²) < 4.78 is 0. The van der Waals surface area contributed by atoms with Gasteiger partial charge in [-0.1, -0.05) is 20.8 Å². The number of amides is 2. The molecular weight excluding hydrogens is 248 g/mol. The van der Waals surface area contributed by atoms with Crippen LogP contribution in [0.2, 0.25) is 0 Å². The zero-order chi connectivity index (χ0) is 14.8. The second-order valence-corrected chi connectivity index (χ2v) is 4.91. The summed E-state index contributed by atoms with van der Waals surface area (Å²) in [6.07, 6.45) is 1.28. The van der Waals surface area contributed by atoms with E-state index in [0.717, 1.165) is 0 Å². The molecule has 0 aliphatic rings. The Bertz CT molecular complexity index is 316. The molecule has 0 saturated heterocycles. The van der Waals surface area contributed by atoms with Crippen molar-refractivity contribution in [3.63, 3.8) is 0 Å². The van der Waals surface area contributed by atoms with Crippen molar-refractivity contribution in [1.82, 2.24) is 10.2 Å². The number of aliphatic carboxylic acids is 1. The van der Waals surface area contributed by atoms with Gasteiger partial charge >= 0.3 is 5.97 Å². The summed E-state index contributed by atoms with van der Waals surface area (Å²) in [6.45, 7) is 6.16. The van der Waals surface area contributed by atoms with Crippen molar-refractivity contribution in [2.75, 3.05) is 19.6 Å². The zero-order valence-corrected chi connectivity index (χ0v) is 11.9. The maximum absolute atomic E-state index is 11.8. The highest BCUT2D eigenvalue weighted by molar-refractivity contribution is 5.82. The lowest BCUT2D eigenvalue weighted by Crippen LogP contribution is -2.38. The van der Waals surface area contributed by atoms with E-state index in [1.165, 1.54) is 4.90 Å². The lowest BCUT2D eigenvalue weighted by Gasteiger charge is -2.20. The molecule has 0 atom stereocenters. The number of hydrogen-bond acceptors (Lipinski definition) is 3. The van der Waals surface area contributed by atoms with Gasteiger partial charge in [-0.15, -0.1) is 0 Å². The van der Waals surface area contributed by atoms with Crippen LogP contribution < -0.4 is 5.32 Å². The van der Waals surface area contributed by atoms with Crippen molar-refractivity contribution in [2.24, 2.45) is 5.92 Å². The van der Waals surface area contributed by atoms with Gasteiger partial charge in [0.25, 0.3) is 0 Å². The predicted octanol–water partition coefficient (Wildman–Crippen LogP) is 0.862. The van der Waals surface area contributed by atoms with E-state index >= 15 is 0 Å². The summed E-state index contributed by atoms with van der Waals surface area (Å²) in [5, 5.41) is 11.4. The molecule has 2 N–H and O–H groups in total. The number of carboxylic acids is 1. The molecule has 0 aromatic rings. The normalized spacial score (nSPS) is 10.3. The molecule has 19 heavy (non-hydrogen) atoms. The van der Waals surface area contributed by atoms with E-state index in [0.29, 0.717) is 19.4 Å². The Hall–Kier alpha value is -1.59. The van der Waals surface area contributed by atoms with Crippen LogP contribution in [0.4, 0.5) is 0 Å². The summed E-state index contributed by atoms with van der Waals surface area (Å²) in [4.78, 5) is 35.1. The molecule has 110 valence electrons. The van der Waals surface area contributed by atoms with Gasteiger partial charge in [-0.05, 0) is 12.3 Å². The van der Waals surface area contributed by atoms with Crippen molar-refractivity contribution < 1.29 is 19.5 Å². The van der Waals surface area contributed by atoms with Crippen molar-refractivity contribution in [3.8, 4) is 0 Å². The van der Waals surface area contributed by atoms with Crippen LogP contribution in [0.1, 0.15) is 40.0 Å². The molecule has 0 rings (SSSR count). The Kier molecular flexibility index (Phi) is 8.57. The van der Waals surface area contributed by atoms with Gasteiger partial charge in [-0.2, -0.15) is 0 Å². The zero-order valence-electron chi connectivity index (χ0n) is 11.9. The van der Waals surface area contributed by atoms with Crippen LogP contribution in [-0.4, -0.2) is 47.4 Å². The average molecular weight is 272 g/mol. The number of carbonyl (C=O) groups excluding carboxylic acids is 2. The van der Waals surface area contributed by atoms with E-state index < -0.39 is 5.97 Å². The maximum atomic E-state index is 11.8. The molecular formula is C13H24N2O4. The van der Waals surface area contributed by atoms with E-state index in [1.807, 2.05) is 20.8 Å². The van der Waals surface area contributed by atoms with Crippen LogP contribution in [0, 0.1) is 5.92 Å². The van der Waals surface area contributed by atoms with Gasteiger partial charge in [0.2, 0.25) is 11.8 Å². The number of carbonyl (C=O) groups is 3. The second-order valence-electron chi connectivity index (χ2n) is 4.91. The monoisotopic (exact) mass is 272 g/mol. The minimum Gasteiger partial charge on any atom is -0.480 e. The Labute approximate surface area is 114 Å². The molecule has 0 spiro atoms. The Morgan fingerprint density at radius 1 is 1.26 bits per heavy atom. The van der Waals surface area contributed by atoms with Gasteiger partial charge in [-0.3, -0.25) is 14.4 Å². The molecule has 0 fully saturated rings. The summed E-state index contributed by atoms with van der Waals surface area (Å²) >= 11 is 0. The standard InChI is InChI=1S/C13H24N2O4/c1-4-7-15(9-13(18)19)12(17)5-6-14-11(16)8-10(2)3/h10H,4-9H2,1-3H3,(H,14,16)(H,18,19). The fraction of sp³-hybridized carbons (Fsp3) is 0.769. The first-order valence-corrected chi connectivity index (χ1v) is 6.63. The molecule has 0 aromatic heterocycles. The molecule has 6 heteroatoms. The molecule has 0 aliphatic heterocycles. The van der Waals surface area contributed by atoms with Crippen LogP contribution in [0.5, 0.6) is 0 Å². The smallest absolute Gasteiger partial charge is 0.323 e. The molecule has 0 saturated carbocycles. The number of nitrogens with zero attached hydrogens (tertiary/aromatic N) is 1. The summed E-state index contributed by atoms with van der Waals surface area (Å²) in [7, 11) is 0. The van der Waals surface area contributed by atoms with Crippen LogP contribution >= 0.6 is 0 Å². The predicted molar refractivity (Wildman–Crippen MR) is 71.6 cm³/mol. The van der Waals surface area contributed by atoms with Crippen LogP contribution in [0.15, 0.2) is 0 Å². The quantitative estimate of drug-likeness (QED) is 0.652. The van der Waals surface area contributed by atoms with Crippen LogP contribution in [-0.2, 0) is 14.4 Å². The lowest BCUT2D eigenvalue weighted by atomic mass is 10.1. The molecule has 6 nitrogen and oxygen atoms in total. The van der Waals surface area contributed by atoms with E-state index in [1.54, 1.807) is 0 Å². The summed E-state index contributed by atoms with van der Waals surface area (Å²) in [5.41, 5.74) is 0. The first-order valence-electron chi connectivity index (χ1n) is 6.63. The van der Waals surface area contributed by atoms with Gasteiger partial charge in [-0.25, -0.2) is 0 Å². The van der Waals surface area contributed by atoms with Gasteiger partial charge in [0.05, 0.1) is 0 Å². The highest BCUT2D eigenvalue weighted by Crippen LogP contribution is 1.99. The second kappa shape index (κ2) is 9.35. The third kappa shape index (κ3) is 9.04. The first kappa shape index (κ1) is 17.4. The Balaban J connectivity index is 4.05. The SMILES string of the molecule is CCCN(CC(=O)O)C(=O)CCNC(=O)CC(C)C. The fourth-order valence-electron chi connectivity index (χ4n) is 1.64. The van der Waals surface area contributed by atoms with E-state index in [-0.39, 0.29) is 37.2 Å². The number of rotatable bonds is 9. The van der Waals surface area contributed by atoms with Crippen molar-refractivity contribution in [3.05, 3.63) is 0 Å². The lowest BCUT2D eigenvalue weighted by molar-refractivity contribution is -0.144. The highest BCUT2D eigenvalue weighted by Gasteiger charge is 2.15. The topological polar surface area (TPSA) is 86.7 Å². The molecule has 0 radical (unpaired) electrons. The first-order chi connectivity index (χ1) is 8.86. The van der Waals surface area contributed by atoms with Gasteiger partial charge in [0.1, 0.15) is 6.54 Å². The molecule has 0 unspecified atom stereocenters. The molecule has 0 bridgehead atoms. The molecule has 2 amide bonds. The largest absolute Gasteiger partial charge is 0.480 e. The van der Waals surface area contributed by atoms with Gasteiger partial charge in [0, 0.05) is 25.9 Å². The number of hydrogen-bond donors (Lipinski definition) is 2. The Morgan fingerprint density at radius 3 is 2.37 bits per heavy atom. The van der Waals surface area contributed by atoms with Crippen LogP contribution in [0.25, 0.3) is 0 Å². The van der Waals surface area contributed by atoms with Crippen LogP contribution in [0.3, 0.4) is 0 Å². The highest BCUT2D eigenvalue weighted by atomic mass is 16.4.